The number of nitrogens with zero attached hydrogens (tertiary/aromatic N) is 2. The summed E-state index contributed by atoms with van der Waals surface area (Å²) in [6.45, 7) is 7.90. The SMILES string of the molecule is CN=C(NCC(=O)NCCOC)N1CCC(CC(C)C)C1. The zero-order chi connectivity index (χ0) is 15.7. The molecule has 0 aromatic rings. The van der Waals surface area contributed by atoms with Gasteiger partial charge in [0.25, 0.3) is 0 Å². The Morgan fingerprint density at radius 3 is 2.81 bits per heavy atom. The summed E-state index contributed by atoms with van der Waals surface area (Å²) >= 11 is 0. The molecule has 1 atom stereocenters. The second-order valence-electron chi connectivity index (χ2n) is 5.97. The molecule has 21 heavy (non-hydrogen) atoms. The molecule has 6 nitrogen and oxygen atoms in total. The third-order valence-electron chi connectivity index (χ3n) is 3.64. The maximum absolute atomic E-state index is 11.7. The average molecular weight is 298 g/mol. The van der Waals surface area contributed by atoms with Crippen LogP contribution in [-0.4, -0.2) is 63.7 Å². The summed E-state index contributed by atoms with van der Waals surface area (Å²) in [5, 5.41) is 5.92. The van der Waals surface area contributed by atoms with Crippen LogP contribution in [0.5, 0.6) is 0 Å². The lowest BCUT2D eigenvalue weighted by Gasteiger charge is -2.22. The van der Waals surface area contributed by atoms with E-state index in [1.54, 1.807) is 14.2 Å². The number of ether oxygens (including phenoxy) is 1. The molecular weight excluding hydrogens is 268 g/mol. The molecule has 1 saturated heterocycles. The highest BCUT2D eigenvalue weighted by atomic mass is 16.5. The van der Waals surface area contributed by atoms with E-state index in [-0.39, 0.29) is 12.5 Å². The lowest BCUT2D eigenvalue weighted by molar-refractivity contribution is -0.120. The molecule has 1 aliphatic heterocycles. The molecule has 1 amide bonds. The van der Waals surface area contributed by atoms with Crippen molar-refractivity contribution in [2.24, 2.45) is 16.8 Å². The molecule has 2 N–H and O–H groups in total. The lowest BCUT2D eigenvalue weighted by Crippen LogP contribution is -2.45. The number of carbonyl (C=O) groups is 1. The number of rotatable bonds is 7. The largest absolute Gasteiger partial charge is 0.383 e. The molecule has 0 aromatic carbocycles. The van der Waals surface area contributed by atoms with E-state index in [1.165, 1.54) is 12.8 Å². The van der Waals surface area contributed by atoms with Crippen LogP contribution in [0.1, 0.15) is 26.7 Å². The lowest BCUT2D eigenvalue weighted by atomic mass is 9.97. The molecule has 1 aliphatic rings. The van der Waals surface area contributed by atoms with Gasteiger partial charge in [-0.05, 0) is 24.7 Å². The summed E-state index contributed by atoms with van der Waals surface area (Å²) in [5.74, 6) is 2.25. The maximum Gasteiger partial charge on any atom is 0.239 e. The average Bonchev–Trinajstić information content (AvgIpc) is 2.87. The fraction of sp³-hybridized carbons (Fsp3) is 0.867. The van der Waals surface area contributed by atoms with Crippen molar-refractivity contribution in [3.8, 4) is 0 Å². The van der Waals surface area contributed by atoms with E-state index in [1.807, 2.05) is 0 Å². The van der Waals surface area contributed by atoms with Crippen LogP contribution in [0.3, 0.4) is 0 Å². The number of aliphatic imine (C=N–C) groups is 1. The minimum Gasteiger partial charge on any atom is -0.383 e. The summed E-state index contributed by atoms with van der Waals surface area (Å²) in [7, 11) is 3.38. The highest BCUT2D eigenvalue weighted by Crippen LogP contribution is 2.23. The molecule has 1 fully saturated rings. The van der Waals surface area contributed by atoms with Gasteiger partial charge >= 0.3 is 0 Å². The molecule has 1 heterocycles. The summed E-state index contributed by atoms with van der Waals surface area (Å²) in [6, 6.07) is 0. The monoisotopic (exact) mass is 298 g/mol. The molecular formula is C15H30N4O2. The van der Waals surface area contributed by atoms with Crippen molar-refractivity contribution in [1.29, 1.82) is 0 Å². The first-order chi connectivity index (χ1) is 10.1. The third-order valence-corrected chi connectivity index (χ3v) is 3.64. The molecule has 0 bridgehead atoms. The highest BCUT2D eigenvalue weighted by Gasteiger charge is 2.25. The number of methoxy groups -OCH3 is 1. The van der Waals surface area contributed by atoms with E-state index in [0.29, 0.717) is 13.2 Å². The molecule has 1 rings (SSSR count). The predicted octanol–water partition coefficient (Wildman–Crippen LogP) is 0.692. The Kier molecular flexibility index (Phi) is 8.12. The molecule has 0 aliphatic carbocycles. The molecule has 1 unspecified atom stereocenters. The van der Waals surface area contributed by atoms with E-state index in [0.717, 1.165) is 30.9 Å². The van der Waals surface area contributed by atoms with Crippen LogP contribution in [0.2, 0.25) is 0 Å². The summed E-state index contributed by atoms with van der Waals surface area (Å²) in [4.78, 5) is 18.2. The first kappa shape index (κ1) is 17.8. The molecule has 6 heteroatoms. The normalized spacial score (nSPS) is 19.2. The zero-order valence-corrected chi connectivity index (χ0v) is 13.8. The van der Waals surface area contributed by atoms with E-state index >= 15 is 0 Å². The quantitative estimate of drug-likeness (QED) is 0.412. The fourth-order valence-corrected chi connectivity index (χ4v) is 2.73. The van der Waals surface area contributed by atoms with Gasteiger partial charge in [-0.25, -0.2) is 0 Å². The topological polar surface area (TPSA) is 66.0 Å². The molecule has 0 saturated carbocycles. The van der Waals surface area contributed by atoms with Crippen molar-refractivity contribution in [2.75, 3.05) is 46.9 Å². The van der Waals surface area contributed by atoms with Crippen molar-refractivity contribution < 1.29 is 9.53 Å². The Morgan fingerprint density at radius 1 is 1.43 bits per heavy atom. The Hall–Kier alpha value is -1.30. The van der Waals surface area contributed by atoms with Gasteiger partial charge in [-0.1, -0.05) is 13.8 Å². The highest BCUT2D eigenvalue weighted by molar-refractivity contribution is 5.86. The maximum atomic E-state index is 11.7. The second kappa shape index (κ2) is 9.60. The molecule has 0 radical (unpaired) electrons. The molecule has 0 spiro atoms. The van der Waals surface area contributed by atoms with Crippen LogP contribution in [-0.2, 0) is 9.53 Å². The van der Waals surface area contributed by atoms with Gasteiger partial charge in [-0.3, -0.25) is 9.79 Å². The van der Waals surface area contributed by atoms with Crippen molar-refractivity contribution in [2.45, 2.75) is 26.7 Å². The zero-order valence-electron chi connectivity index (χ0n) is 13.8. The molecule has 0 aromatic heterocycles. The summed E-state index contributed by atoms with van der Waals surface area (Å²) < 4.78 is 4.90. The van der Waals surface area contributed by atoms with E-state index in [4.69, 9.17) is 4.74 Å². The van der Waals surface area contributed by atoms with Gasteiger partial charge in [0, 0.05) is 33.8 Å². The van der Waals surface area contributed by atoms with Gasteiger partial charge in [0.1, 0.15) is 0 Å². The Balaban J connectivity index is 2.31. The van der Waals surface area contributed by atoms with Crippen LogP contribution in [0.25, 0.3) is 0 Å². The van der Waals surface area contributed by atoms with Gasteiger partial charge in [0.15, 0.2) is 5.96 Å². The standard InChI is InChI=1S/C15H30N4O2/c1-12(2)9-13-5-7-19(11-13)15(16-3)18-10-14(20)17-6-8-21-4/h12-13H,5-11H2,1-4H3,(H,16,18)(H,17,20). The van der Waals surface area contributed by atoms with Gasteiger partial charge in [-0.2, -0.15) is 0 Å². The first-order valence-electron chi connectivity index (χ1n) is 7.78. The number of amides is 1. The van der Waals surface area contributed by atoms with Crippen LogP contribution in [0.15, 0.2) is 4.99 Å². The van der Waals surface area contributed by atoms with Gasteiger partial charge < -0.3 is 20.3 Å². The minimum absolute atomic E-state index is 0.0360. The Labute approximate surface area is 128 Å². The number of hydrogen-bond donors (Lipinski definition) is 2. The van der Waals surface area contributed by atoms with Gasteiger partial charge in [0.2, 0.25) is 5.91 Å². The Bertz CT molecular complexity index is 345. The number of nitrogens with one attached hydrogen (secondary N) is 2. The predicted molar refractivity (Wildman–Crippen MR) is 85.4 cm³/mol. The summed E-state index contributed by atoms with van der Waals surface area (Å²) in [6.07, 6.45) is 2.46. The van der Waals surface area contributed by atoms with E-state index in [9.17, 15) is 4.79 Å². The van der Waals surface area contributed by atoms with Crippen LogP contribution >= 0.6 is 0 Å². The van der Waals surface area contributed by atoms with Crippen LogP contribution < -0.4 is 10.6 Å². The number of hydrogen-bond acceptors (Lipinski definition) is 3. The minimum atomic E-state index is -0.0360. The van der Waals surface area contributed by atoms with Crippen LogP contribution in [0.4, 0.5) is 0 Å². The van der Waals surface area contributed by atoms with Crippen molar-refractivity contribution in [3.63, 3.8) is 0 Å². The van der Waals surface area contributed by atoms with Crippen molar-refractivity contribution in [1.82, 2.24) is 15.5 Å². The third kappa shape index (κ3) is 6.80. The number of carbonyl (C=O) groups excluding carboxylic acids is 1. The summed E-state index contributed by atoms with van der Waals surface area (Å²) in [5.41, 5.74) is 0. The van der Waals surface area contributed by atoms with Crippen molar-refractivity contribution in [3.05, 3.63) is 0 Å². The van der Waals surface area contributed by atoms with Gasteiger partial charge in [-0.15, -0.1) is 0 Å². The van der Waals surface area contributed by atoms with Crippen molar-refractivity contribution >= 4 is 11.9 Å². The second-order valence-corrected chi connectivity index (χ2v) is 5.97. The van der Waals surface area contributed by atoms with Gasteiger partial charge in [0.05, 0.1) is 13.2 Å². The molecule has 122 valence electrons. The smallest absolute Gasteiger partial charge is 0.239 e. The number of guanidine groups is 1. The first-order valence-corrected chi connectivity index (χ1v) is 7.78. The number of likely N-dealkylation sites (tertiary alicyclic amines) is 1. The fourth-order valence-electron chi connectivity index (χ4n) is 2.73. The Morgan fingerprint density at radius 2 is 2.19 bits per heavy atom. The van der Waals surface area contributed by atoms with E-state index in [2.05, 4.69) is 34.4 Å². The van der Waals surface area contributed by atoms with E-state index < -0.39 is 0 Å². The van der Waals surface area contributed by atoms with Crippen LogP contribution in [0, 0.1) is 11.8 Å².